The average molecular weight is 678 g/mol. The van der Waals surface area contributed by atoms with Gasteiger partial charge in [-0.15, -0.1) is 0 Å². The van der Waals surface area contributed by atoms with Gasteiger partial charge in [-0.25, -0.2) is 0 Å². The van der Waals surface area contributed by atoms with E-state index in [1.807, 2.05) is 0 Å². The van der Waals surface area contributed by atoms with Gasteiger partial charge in [0.1, 0.15) is 5.58 Å². The summed E-state index contributed by atoms with van der Waals surface area (Å²) in [4.78, 5) is 2.47. The number of hydrogen-bond acceptors (Lipinski definition) is 2. The normalized spacial score (nSPS) is 13.2. The first-order chi connectivity index (χ1) is 26.1. The maximum atomic E-state index is 6.99. The Balaban J connectivity index is 1.27. The van der Waals surface area contributed by atoms with E-state index in [-0.39, 0.29) is 5.41 Å². The van der Waals surface area contributed by atoms with Crippen LogP contribution in [-0.2, 0) is 5.41 Å². The van der Waals surface area contributed by atoms with E-state index < -0.39 is 0 Å². The summed E-state index contributed by atoms with van der Waals surface area (Å²) in [6, 6.07) is 64.1. The van der Waals surface area contributed by atoms with Crippen molar-refractivity contribution in [2.75, 3.05) is 4.90 Å². The van der Waals surface area contributed by atoms with Crippen molar-refractivity contribution in [2.45, 2.75) is 19.3 Å². The summed E-state index contributed by atoms with van der Waals surface area (Å²) < 4.78 is 6.99. The lowest BCUT2D eigenvalue weighted by Crippen LogP contribution is -2.21. The lowest BCUT2D eigenvalue weighted by molar-refractivity contribution is 0.648. The van der Waals surface area contributed by atoms with Crippen LogP contribution in [0.3, 0.4) is 0 Å². The molecule has 1 heterocycles. The maximum Gasteiger partial charge on any atom is 0.159 e. The van der Waals surface area contributed by atoms with Gasteiger partial charge in [0.25, 0.3) is 0 Å². The first-order valence-corrected chi connectivity index (χ1v) is 18.4. The van der Waals surface area contributed by atoms with Gasteiger partial charge in [0.15, 0.2) is 5.58 Å². The molecule has 53 heavy (non-hydrogen) atoms. The molecule has 9 aromatic carbocycles. The Morgan fingerprint density at radius 1 is 0.415 bits per heavy atom. The zero-order chi connectivity index (χ0) is 35.3. The molecule has 0 spiro atoms. The van der Waals surface area contributed by atoms with E-state index >= 15 is 0 Å². The molecule has 0 atom stereocenters. The summed E-state index contributed by atoms with van der Waals surface area (Å²) in [6.07, 6.45) is 0. The molecule has 0 N–H and O–H groups in total. The average Bonchev–Trinajstić information content (AvgIpc) is 3.70. The maximum absolute atomic E-state index is 6.99. The number of hydrogen-bond donors (Lipinski definition) is 0. The lowest BCUT2D eigenvalue weighted by atomic mass is 9.80. The third-order valence-electron chi connectivity index (χ3n) is 11.6. The second kappa shape index (κ2) is 11.2. The molecule has 0 bridgehead atoms. The van der Waals surface area contributed by atoms with Gasteiger partial charge in [0, 0.05) is 27.6 Å². The van der Waals surface area contributed by atoms with Gasteiger partial charge < -0.3 is 9.32 Å². The Labute approximate surface area is 308 Å². The molecule has 11 rings (SSSR count). The molecular formula is C51H35NO. The minimum absolute atomic E-state index is 0.281. The smallest absolute Gasteiger partial charge is 0.159 e. The Hall–Kier alpha value is -6.64. The summed E-state index contributed by atoms with van der Waals surface area (Å²) in [5.74, 6) is 0. The first kappa shape index (κ1) is 30.0. The minimum Gasteiger partial charge on any atom is -0.454 e. The van der Waals surface area contributed by atoms with Gasteiger partial charge in [-0.3, -0.25) is 0 Å². The first-order valence-electron chi connectivity index (χ1n) is 18.4. The molecular weight excluding hydrogens is 643 g/mol. The summed E-state index contributed by atoms with van der Waals surface area (Å²) >= 11 is 0. The highest BCUT2D eigenvalue weighted by molar-refractivity contribution is 6.26. The van der Waals surface area contributed by atoms with Crippen molar-refractivity contribution in [1.82, 2.24) is 0 Å². The van der Waals surface area contributed by atoms with Crippen LogP contribution in [0.2, 0.25) is 0 Å². The molecule has 0 unspecified atom stereocenters. The van der Waals surface area contributed by atoms with E-state index in [0.29, 0.717) is 0 Å². The Bertz CT molecular complexity index is 3040. The monoisotopic (exact) mass is 677 g/mol. The number of nitrogens with zero attached hydrogens (tertiary/aromatic N) is 1. The molecule has 0 radical (unpaired) electrons. The minimum atomic E-state index is -0.281. The van der Waals surface area contributed by atoms with E-state index in [9.17, 15) is 0 Å². The quantitative estimate of drug-likeness (QED) is 0.172. The van der Waals surface area contributed by atoms with Crippen LogP contribution in [0, 0.1) is 0 Å². The number of anilines is 3. The van der Waals surface area contributed by atoms with E-state index in [1.54, 1.807) is 0 Å². The number of rotatable bonds is 4. The van der Waals surface area contributed by atoms with Gasteiger partial charge in [0.2, 0.25) is 0 Å². The Morgan fingerprint density at radius 3 is 1.68 bits per heavy atom. The van der Waals surface area contributed by atoms with E-state index in [4.69, 9.17) is 4.42 Å². The molecule has 250 valence electrons. The van der Waals surface area contributed by atoms with E-state index in [0.717, 1.165) is 39.0 Å². The van der Waals surface area contributed by atoms with Crippen LogP contribution in [0.25, 0.3) is 76.5 Å². The third-order valence-corrected chi connectivity index (χ3v) is 11.6. The molecule has 1 aromatic heterocycles. The van der Waals surface area contributed by atoms with Crippen LogP contribution in [-0.4, -0.2) is 0 Å². The molecule has 0 aliphatic heterocycles. The molecule has 10 aromatic rings. The largest absolute Gasteiger partial charge is 0.454 e. The zero-order valence-corrected chi connectivity index (χ0v) is 29.6. The molecule has 0 saturated heterocycles. The van der Waals surface area contributed by atoms with Crippen molar-refractivity contribution < 1.29 is 4.42 Å². The highest BCUT2D eigenvalue weighted by Gasteiger charge is 2.41. The second-order valence-corrected chi connectivity index (χ2v) is 14.9. The van der Waals surface area contributed by atoms with Crippen molar-refractivity contribution in [3.63, 3.8) is 0 Å². The predicted molar refractivity (Wildman–Crippen MR) is 224 cm³/mol. The molecule has 1 aliphatic rings. The van der Waals surface area contributed by atoms with Gasteiger partial charge in [-0.1, -0.05) is 153 Å². The highest BCUT2D eigenvalue weighted by Crippen LogP contribution is 2.58. The molecule has 0 saturated carbocycles. The predicted octanol–water partition coefficient (Wildman–Crippen LogP) is 14.5. The summed E-state index contributed by atoms with van der Waals surface area (Å²) in [6.45, 7) is 4.73. The fourth-order valence-corrected chi connectivity index (χ4v) is 9.17. The van der Waals surface area contributed by atoms with Gasteiger partial charge in [-0.05, 0) is 102 Å². The fourth-order valence-electron chi connectivity index (χ4n) is 9.17. The number of benzene rings is 9. The SMILES string of the molecule is CC1(C)c2ccccc2-c2cc3c(oc4ccccc43)c(N(c3ccc(-c4ccccc4)cc3)c3ccc4c5ccccc5c5ccccc5c4c3)c21. The lowest BCUT2D eigenvalue weighted by Gasteiger charge is -2.32. The van der Waals surface area contributed by atoms with Crippen molar-refractivity contribution in [3.8, 4) is 22.3 Å². The van der Waals surface area contributed by atoms with E-state index in [2.05, 4.69) is 195 Å². The fraction of sp³-hybridized carbons (Fsp3) is 0.0588. The van der Waals surface area contributed by atoms with Crippen LogP contribution in [0.5, 0.6) is 0 Å². The van der Waals surface area contributed by atoms with Crippen LogP contribution in [0.15, 0.2) is 180 Å². The Kier molecular flexibility index (Phi) is 6.33. The summed E-state index contributed by atoms with van der Waals surface area (Å²) in [7, 11) is 0. The standard InChI is InChI=1S/C51H35NO/c1-51(2)46-22-12-10-20-41(46)44-31-45-42-21-11-13-23-47(42)53-50(45)49(48(44)51)52(34-26-24-33(25-27-34)32-14-4-3-5-15-32)35-28-29-40-38-18-7-6-16-36(38)37-17-8-9-19-39(37)43(40)30-35/h3-31H,1-2H3. The van der Waals surface area contributed by atoms with Crippen molar-refractivity contribution in [3.05, 3.63) is 187 Å². The molecule has 2 nitrogen and oxygen atoms in total. The van der Waals surface area contributed by atoms with Crippen LogP contribution >= 0.6 is 0 Å². The molecule has 2 heteroatoms. The Morgan fingerprint density at radius 2 is 0.962 bits per heavy atom. The summed E-state index contributed by atoms with van der Waals surface area (Å²) in [5, 5.41) is 9.81. The van der Waals surface area contributed by atoms with Crippen molar-refractivity contribution in [1.29, 1.82) is 0 Å². The summed E-state index contributed by atoms with van der Waals surface area (Å²) in [5.41, 5.74) is 12.3. The molecule has 0 amide bonds. The highest BCUT2D eigenvalue weighted by atomic mass is 16.3. The third kappa shape index (κ3) is 4.33. The number of furan rings is 1. The number of para-hydroxylation sites is 1. The van der Waals surface area contributed by atoms with Crippen molar-refractivity contribution >= 4 is 71.3 Å². The molecule has 1 aliphatic carbocycles. The van der Waals surface area contributed by atoms with Gasteiger partial charge in [-0.2, -0.15) is 0 Å². The van der Waals surface area contributed by atoms with Crippen LogP contribution in [0.4, 0.5) is 17.1 Å². The molecule has 0 fully saturated rings. The van der Waals surface area contributed by atoms with Gasteiger partial charge in [0.05, 0.1) is 5.69 Å². The topological polar surface area (TPSA) is 16.4 Å². The van der Waals surface area contributed by atoms with Crippen LogP contribution in [0.1, 0.15) is 25.0 Å². The second-order valence-electron chi connectivity index (χ2n) is 14.9. The van der Waals surface area contributed by atoms with Crippen molar-refractivity contribution in [2.24, 2.45) is 0 Å². The zero-order valence-electron chi connectivity index (χ0n) is 29.6. The van der Waals surface area contributed by atoms with Crippen LogP contribution < -0.4 is 4.90 Å². The van der Waals surface area contributed by atoms with Gasteiger partial charge >= 0.3 is 0 Å². The van der Waals surface area contributed by atoms with E-state index in [1.165, 1.54) is 65.7 Å². The number of fused-ring (bicyclic) bond motifs is 12.